The van der Waals surface area contributed by atoms with Crippen LogP contribution in [0, 0.1) is 0 Å². The second-order valence-electron chi connectivity index (χ2n) is 15.8. The number of hydrogen-bond acceptors (Lipinski definition) is 2. The standard InChI is InChI=1S/C55H44N2/c1-55(2)53-35-40(25-33-51(53)52-34-32-50(38-54(52)55)56(45-17-5-3-6-18-45)46-19-7-4-8-20-46)22-21-39-23-28-47(29-24-39)57(48-30-26-41-13-9-11-15-43(41)36-48)49-31-27-42-14-10-12-16-44(42)37-49/h3-20,23-38H,21-22H2,1-2H3. The fourth-order valence-electron chi connectivity index (χ4n) is 8.85. The molecule has 0 heterocycles. The zero-order chi connectivity index (χ0) is 38.3. The highest BCUT2D eigenvalue weighted by Crippen LogP contribution is 2.51. The molecule has 0 N–H and O–H groups in total. The lowest BCUT2D eigenvalue weighted by molar-refractivity contribution is 0.659. The zero-order valence-electron chi connectivity index (χ0n) is 32.4. The van der Waals surface area contributed by atoms with Crippen molar-refractivity contribution in [2.75, 3.05) is 9.80 Å². The van der Waals surface area contributed by atoms with Gasteiger partial charge in [-0.3, -0.25) is 0 Å². The third-order valence-corrected chi connectivity index (χ3v) is 11.9. The fraction of sp³-hybridized carbons (Fsp3) is 0.0909. The molecule has 0 aliphatic heterocycles. The van der Waals surface area contributed by atoms with Gasteiger partial charge in [-0.05, 0) is 141 Å². The normalized spacial score (nSPS) is 12.7. The predicted octanol–water partition coefficient (Wildman–Crippen LogP) is 15.0. The van der Waals surface area contributed by atoms with Crippen molar-refractivity contribution in [1.29, 1.82) is 0 Å². The Kier molecular flexibility index (Phi) is 8.68. The molecule has 0 radical (unpaired) electrons. The molecule has 0 unspecified atom stereocenters. The molecule has 0 spiro atoms. The number of para-hydroxylation sites is 2. The number of anilines is 6. The van der Waals surface area contributed by atoms with Crippen molar-refractivity contribution in [3.05, 3.63) is 229 Å². The van der Waals surface area contributed by atoms with Crippen LogP contribution in [-0.2, 0) is 18.3 Å². The minimum atomic E-state index is -0.119. The maximum absolute atomic E-state index is 2.47. The third-order valence-electron chi connectivity index (χ3n) is 11.9. The van der Waals surface area contributed by atoms with Crippen molar-refractivity contribution in [3.8, 4) is 11.1 Å². The highest BCUT2D eigenvalue weighted by Gasteiger charge is 2.36. The third kappa shape index (κ3) is 6.44. The first-order valence-electron chi connectivity index (χ1n) is 20.0. The van der Waals surface area contributed by atoms with Crippen molar-refractivity contribution in [1.82, 2.24) is 0 Å². The topological polar surface area (TPSA) is 6.48 Å². The number of hydrogen-bond donors (Lipinski definition) is 0. The van der Waals surface area contributed by atoms with Gasteiger partial charge in [-0.1, -0.05) is 147 Å². The Morgan fingerprint density at radius 3 is 1.28 bits per heavy atom. The summed E-state index contributed by atoms with van der Waals surface area (Å²) in [6.07, 6.45) is 1.96. The summed E-state index contributed by atoms with van der Waals surface area (Å²) in [5.41, 5.74) is 15.0. The Hall–Kier alpha value is -6.90. The van der Waals surface area contributed by atoms with Gasteiger partial charge in [0, 0.05) is 39.5 Å². The van der Waals surface area contributed by atoms with Gasteiger partial charge in [-0.25, -0.2) is 0 Å². The van der Waals surface area contributed by atoms with E-state index in [-0.39, 0.29) is 5.41 Å². The lowest BCUT2D eigenvalue weighted by atomic mass is 9.81. The van der Waals surface area contributed by atoms with Crippen molar-refractivity contribution in [2.24, 2.45) is 0 Å². The molecule has 1 aliphatic rings. The Morgan fingerprint density at radius 2 is 0.702 bits per heavy atom. The van der Waals surface area contributed by atoms with Crippen molar-refractivity contribution in [3.63, 3.8) is 0 Å². The summed E-state index contributed by atoms with van der Waals surface area (Å²) in [5.74, 6) is 0. The van der Waals surface area contributed by atoms with E-state index < -0.39 is 0 Å². The Morgan fingerprint density at radius 1 is 0.316 bits per heavy atom. The van der Waals surface area contributed by atoms with E-state index in [1.54, 1.807) is 0 Å². The van der Waals surface area contributed by atoms with E-state index >= 15 is 0 Å². The lowest BCUT2D eigenvalue weighted by Gasteiger charge is -2.28. The molecule has 0 amide bonds. The molecule has 0 aromatic heterocycles. The molecule has 57 heavy (non-hydrogen) atoms. The van der Waals surface area contributed by atoms with Crippen LogP contribution in [0.2, 0.25) is 0 Å². The summed E-state index contributed by atoms with van der Waals surface area (Å²) in [6, 6.07) is 75.5. The maximum atomic E-state index is 2.47. The van der Waals surface area contributed by atoms with Gasteiger partial charge in [0.15, 0.2) is 0 Å². The van der Waals surface area contributed by atoms with Gasteiger partial charge in [0.2, 0.25) is 0 Å². The highest BCUT2D eigenvalue weighted by molar-refractivity contribution is 5.92. The van der Waals surface area contributed by atoms with Crippen LogP contribution >= 0.6 is 0 Å². The second-order valence-corrected chi connectivity index (χ2v) is 15.8. The summed E-state index contributed by atoms with van der Waals surface area (Å²) in [5, 5.41) is 4.97. The lowest BCUT2D eigenvalue weighted by Crippen LogP contribution is -2.17. The molecule has 274 valence electrons. The van der Waals surface area contributed by atoms with Crippen LogP contribution in [-0.4, -0.2) is 0 Å². The van der Waals surface area contributed by atoms with Gasteiger partial charge in [0.25, 0.3) is 0 Å². The average molecular weight is 733 g/mol. The molecule has 0 atom stereocenters. The summed E-state index contributed by atoms with van der Waals surface area (Å²) in [4.78, 5) is 4.74. The van der Waals surface area contributed by atoms with Gasteiger partial charge in [0.05, 0.1) is 0 Å². The van der Waals surface area contributed by atoms with Gasteiger partial charge in [-0.2, -0.15) is 0 Å². The largest absolute Gasteiger partial charge is 0.310 e. The molecule has 0 saturated carbocycles. The molecular formula is C55H44N2. The predicted molar refractivity (Wildman–Crippen MR) is 242 cm³/mol. The first-order valence-corrected chi connectivity index (χ1v) is 20.0. The molecule has 1 aliphatic carbocycles. The molecule has 0 fully saturated rings. The summed E-state index contributed by atoms with van der Waals surface area (Å²) < 4.78 is 0. The zero-order valence-corrected chi connectivity index (χ0v) is 32.4. The van der Waals surface area contributed by atoms with Crippen LogP contribution in [0.5, 0.6) is 0 Å². The quantitative estimate of drug-likeness (QED) is 0.146. The van der Waals surface area contributed by atoms with Gasteiger partial charge in [-0.15, -0.1) is 0 Å². The summed E-state index contributed by atoms with van der Waals surface area (Å²) in [7, 11) is 0. The fourth-order valence-corrected chi connectivity index (χ4v) is 8.85. The first kappa shape index (κ1) is 34.6. The van der Waals surface area contributed by atoms with E-state index in [1.165, 1.54) is 60.6 Å². The van der Waals surface area contributed by atoms with Crippen LogP contribution in [0.3, 0.4) is 0 Å². The van der Waals surface area contributed by atoms with Crippen LogP contribution in [0.25, 0.3) is 32.7 Å². The number of fused-ring (bicyclic) bond motifs is 5. The van der Waals surface area contributed by atoms with E-state index in [0.717, 1.165) is 41.3 Å². The van der Waals surface area contributed by atoms with Crippen LogP contribution in [0.1, 0.15) is 36.1 Å². The maximum Gasteiger partial charge on any atom is 0.0468 e. The monoisotopic (exact) mass is 732 g/mol. The molecule has 0 saturated heterocycles. The molecule has 10 rings (SSSR count). The van der Waals surface area contributed by atoms with Gasteiger partial charge >= 0.3 is 0 Å². The van der Waals surface area contributed by atoms with Crippen LogP contribution in [0.4, 0.5) is 34.1 Å². The van der Waals surface area contributed by atoms with Crippen molar-refractivity contribution < 1.29 is 0 Å². The van der Waals surface area contributed by atoms with E-state index in [2.05, 4.69) is 230 Å². The van der Waals surface area contributed by atoms with Gasteiger partial charge in [0.1, 0.15) is 0 Å². The molecule has 2 heteroatoms. The number of rotatable bonds is 9. The minimum absolute atomic E-state index is 0.119. The molecule has 0 bridgehead atoms. The molecule has 9 aromatic rings. The van der Waals surface area contributed by atoms with E-state index in [0.29, 0.717) is 0 Å². The average Bonchev–Trinajstić information content (AvgIpc) is 3.49. The molecular weight excluding hydrogens is 689 g/mol. The Bertz CT molecular complexity index is 2760. The van der Waals surface area contributed by atoms with E-state index in [4.69, 9.17) is 0 Å². The van der Waals surface area contributed by atoms with Crippen LogP contribution in [0.15, 0.2) is 206 Å². The SMILES string of the molecule is CC1(C)c2cc(CCc3ccc(N(c4ccc5ccccc5c4)c4ccc5ccccc5c4)cc3)ccc2-c2ccc(N(c3ccccc3)c3ccccc3)cc21. The summed E-state index contributed by atoms with van der Waals surface area (Å²) >= 11 is 0. The molecule has 9 aromatic carbocycles. The second kappa shape index (κ2) is 14.3. The van der Waals surface area contributed by atoms with E-state index in [9.17, 15) is 0 Å². The Balaban J connectivity index is 0.916. The Labute approximate surface area is 335 Å². The van der Waals surface area contributed by atoms with Gasteiger partial charge < -0.3 is 9.80 Å². The number of benzene rings is 9. The number of nitrogens with zero attached hydrogens (tertiary/aromatic N) is 2. The summed E-state index contributed by atoms with van der Waals surface area (Å²) in [6.45, 7) is 4.77. The van der Waals surface area contributed by atoms with Crippen molar-refractivity contribution in [2.45, 2.75) is 32.1 Å². The highest BCUT2D eigenvalue weighted by atomic mass is 15.1. The minimum Gasteiger partial charge on any atom is -0.310 e. The number of aryl methyl sites for hydroxylation is 2. The first-order chi connectivity index (χ1) is 28.0. The van der Waals surface area contributed by atoms with Crippen molar-refractivity contribution >= 4 is 55.7 Å². The van der Waals surface area contributed by atoms with Crippen LogP contribution < -0.4 is 9.80 Å². The molecule has 2 nitrogen and oxygen atoms in total. The van der Waals surface area contributed by atoms with E-state index in [1.807, 2.05) is 0 Å². The smallest absolute Gasteiger partial charge is 0.0468 e.